The Kier molecular flexibility index (Phi) is 4.21. The highest BCUT2D eigenvalue weighted by Crippen LogP contribution is 2.28. The van der Waals surface area contributed by atoms with Crippen LogP contribution in [-0.2, 0) is 0 Å². The molecule has 1 heterocycles. The Hall–Kier alpha value is -0.600. The second kappa shape index (κ2) is 4.43. The summed E-state index contributed by atoms with van der Waals surface area (Å²) >= 11 is 0. The molecule has 1 aliphatic rings. The number of nitrogens with zero attached hydrogens (tertiary/aromatic N) is 1. The predicted octanol–water partition coefficient (Wildman–Crippen LogP) is 1.49. The number of hydrogen-bond acceptors (Lipinski definition) is 2. The maximum atomic E-state index is 9.57. The van der Waals surface area contributed by atoms with Crippen molar-refractivity contribution in [3.8, 4) is 0 Å². The van der Waals surface area contributed by atoms with Crippen LogP contribution in [0, 0.1) is 11.8 Å². The second-order valence-corrected chi connectivity index (χ2v) is 3.07. The normalized spacial score (nSPS) is 35.7. The Morgan fingerprint density at radius 2 is 2.00 bits per heavy atom. The molecule has 1 aliphatic heterocycles. The molecule has 0 aromatic carbocycles. The summed E-state index contributed by atoms with van der Waals surface area (Å²) in [4.78, 5) is 1.92. The first kappa shape index (κ1) is 11.4. The van der Waals surface area contributed by atoms with Crippen LogP contribution in [0.4, 0.5) is 0 Å². The summed E-state index contributed by atoms with van der Waals surface area (Å²) in [5.74, 6) is 0.505. The van der Waals surface area contributed by atoms with E-state index >= 15 is 0 Å². The average molecular weight is 169 g/mol. The third kappa shape index (κ3) is 1.76. The smallest absolute Gasteiger partial charge is 0.114 e. The first-order valence-electron chi connectivity index (χ1n) is 3.84. The molecule has 3 unspecified atom stereocenters. The lowest BCUT2D eigenvalue weighted by molar-refractivity contribution is 0.0359. The molecule has 3 atom stereocenters. The Morgan fingerprint density at radius 3 is 2.33 bits per heavy atom. The average Bonchev–Trinajstić information content (AvgIpc) is 2.28. The molecule has 0 saturated carbocycles. The van der Waals surface area contributed by atoms with Crippen LogP contribution in [0.1, 0.15) is 7.43 Å². The van der Waals surface area contributed by atoms with E-state index in [0.717, 1.165) is 6.54 Å². The molecule has 0 bridgehead atoms. The fraction of sp³-hybridized carbons (Fsp3) is 0.600. The summed E-state index contributed by atoms with van der Waals surface area (Å²) in [6, 6.07) is 0. The van der Waals surface area contributed by atoms with Gasteiger partial charge in [0.05, 0.1) is 0 Å². The Balaban J connectivity index is 0.00000121. The van der Waals surface area contributed by atoms with Crippen molar-refractivity contribution in [2.24, 2.45) is 11.8 Å². The Bertz CT molecular complexity index is 167. The van der Waals surface area contributed by atoms with E-state index in [1.165, 1.54) is 0 Å². The molecule has 1 saturated heterocycles. The van der Waals surface area contributed by atoms with E-state index in [1.54, 1.807) is 6.08 Å². The SMILES string of the molecule is C.C=CC1CN(C)C(O)C1C=C. The minimum atomic E-state index is -0.379. The fourth-order valence-corrected chi connectivity index (χ4v) is 1.61. The van der Waals surface area contributed by atoms with Crippen molar-refractivity contribution in [2.45, 2.75) is 13.7 Å². The molecule has 0 aromatic rings. The summed E-state index contributed by atoms with van der Waals surface area (Å²) in [5.41, 5.74) is 0. The zero-order valence-corrected chi connectivity index (χ0v) is 6.90. The fourth-order valence-electron chi connectivity index (χ4n) is 1.61. The van der Waals surface area contributed by atoms with E-state index < -0.39 is 0 Å². The van der Waals surface area contributed by atoms with Gasteiger partial charge in [0, 0.05) is 12.5 Å². The van der Waals surface area contributed by atoms with Gasteiger partial charge in [0.1, 0.15) is 6.23 Å². The molecule has 0 aliphatic carbocycles. The van der Waals surface area contributed by atoms with Gasteiger partial charge in [-0.25, -0.2) is 0 Å². The van der Waals surface area contributed by atoms with Crippen molar-refractivity contribution < 1.29 is 5.11 Å². The topological polar surface area (TPSA) is 23.5 Å². The highest BCUT2D eigenvalue weighted by molar-refractivity contribution is 5.01. The van der Waals surface area contributed by atoms with Crippen LogP contribution in [0.5, 0.6) is 0 Å². The third-order valence-electron chi connectivity index (χ3n) is 2.36. The van der Waals surface area contributed by atoms with Crippen molar-refractivity contribution in [1.29, 1.82) is 0 Å². The lowest BCUT2D eigenvalue weighted by Gasteiger charge is -2.16. The van der Waals surface area contributed by atoms with Gasteiger partial charge >= 0.3 is 0 Å². The van der Waals surface area contributed by atoms with E-state index in [2.05, 4.69) is 13.2 Å². The number of aliphatic hydroxyl groups excluding tert-OH is 1. The van der Waals surface area contributed by atoms with Gasteiger partial charge < -0.3 is 5.11 Å². The molecule has 1 fully saturated rings. The first-order chi connectivity index (χ1) is 5.20. The molecule has 2 heteroatoms. The first-order valence-corrected chi connectivity index (χ1v) is 3.84. The van der Waals surface area contributed by atoms with Crippen LogP contribution >= 0.6 is 0 Å². The highest BCUT2D eigenvalue weighted by Gasteiger charge is 2.34. The van der Waals surface area contributed by atoms with Crippen molar-refractivity contribution in [1.82, 2.24) is 4.90 Å². The molecule has 2 nitrogen and oxygen atoms in total. The van der Waals surface area contributed by atoms with Crippen LogP contribution in [0.15, 0.2) is 25.3 Å². The molecule has 70 valence electrons. The Morgan fingerprint density at radius 1 is 1.42 bits per heavy atom. The van der Waals surface area contributed by atoms with Gasteiger partial charge in [-0.05, 0) is 13.0 Å². The van der Waals surface area contributed by atoms with Crippen LogP contribution in [0.25, 0.3) is 0 Å². The van der Waals surface area contributed by atoms with Gasteiger partial charge in [0.15, 0.2) is 0 Å². The lowest BCUT2D eigenvalue weighted by Crippen LogP contribution is -2.27. The van der Waals surface area contributed by atoms with Crippen molar-refractivity contribution in [2.75, 3.05) is 13.6 Å². The summed E-state index contributed by atoms with van der Waals surface area (Å²) < 4.78 is 0. The van der Waals surface area contributed by atoms with Gasteiger partial charge in [0.2, 0.25) is 0 Å². The molecule has 1 rings (SSSR count). The van der Waals surface area contributed by atoms with E-state index in [4.69, 9.17) is 0 Å². The molecule has 1 N–H and O–H groups in total. The maximum Gasteiger partial charge on any atom is 0.114 e. The molecular formula is C10H19NO. The molecule has 0 aromatic heterocycles. The van der Waals surface area contributed by atoms with E-state index in [1.807, 2.05) is 18.0 Å². The Labute approximate surface area is 75.2 Å². The largest absolute Gasteiger partial charge is 0.378 e. The zero-order chi connectivity index (χ0) is 8.43. The van der Waals surface area contributed by atoms with Crippen molar-refractivity contribution in [3.05, 3.63) is 25.3 Å². The summed E-state index contributed by atoms with van der Waals surface area (Å²) in [6.45, 7) is 8.29. The summed E-state index contributed by atoms with van der Waals surface area (Å²) in [5, 5.41) is 9.57. The second-order valence-electron chi connectivity index (χ2n) is 3.07. The predicted molar refractivity (Wildman–Crippen MR) is 52.7 cm³/mol. The number of aliphatic hydroxyl groups is 1. The van der Waals surface area contributed by atoms with E-state index in [0.29, 0.717) is 5.92 Å². The van der Waals surface area contributed by atoms with Gasteiger partial charge in [-0.15, -0.1) is 13.2 Å². The minimum Gasteiger partial charge on any atom is -0.378 e. The third-order valence-corrected chi connectivity index (χ3v) is 2.36. The van der Waals surface area contributed by atoms with Gasteiger partial charge in [0.25, 0.3) is 0 Å². The zero-order valence-electron chi connectivity index (χ0n) is 6.90. The molecule has 0 spiro atoms. The highest BCUT2D eigenvalue weighted by atomic mass is 16.3. The van der Waals surface area contributed by atoms with Crippen LogP contribution in [0.2, 0.25) is 0 Å². The maximum absolute atomic E-state index is 9.57. The van der Waals surface area contributed by atoms with Gasteiger partial charge in [-0.3, -0.25) is 4.90 Å². The number of rotatable bonds is 2. The van der Waals surface area contributed by atoms with E-state index in [9.17, 15) is 5.11 Å². The lowest BCUT2D eigenvalue weighted by atomic mass is 9.95. The molecular weight excluding hydrogens is 150 g/mol. The molecule has 12 heavy (non-hydrogen) atoms. The summed E-state index contributed by atoms with van der Waals surface area (Å²) in [7, 11) is 1.91. The van der Waals surface area contributed by atoms with Crippen LogP contribution in [-0.4, -0.2) is 29.8 Å². The molecule has 0 amide bonds. The monoisotopic (exact) mass is 169 g/mol. The molecule has 0 radical (unpaired) electrons. The summed E-state index contributed by atoms with van der Waals surface area (Å²) in [6.07, 6.45) is 3.31. The minimum absolute atomic E-state index is 0. The van der Waals surface area contributed by atoms with Crippen molar-refractivity contribution >= 4 is 0 Å². The van der Waals surface area contributed by atoms with Gasteiger partial charge in [-0.2, -0.15) is 0 Å². The quantitative estimate of drug-likeness (QED) is 0.633. The van der Waals surface area contributed by atoms with E-state index in [-0.39, 0.29) is 19.6 Å². The van der Waals surface area contributed by atoms with Crippen molar-refractivity contribution in [3.63, 3.8) is 0 Å². The standard InChI is InChI=1S/C9H15NO.CH4/c1-4-7-6-10(3)9(11)8(7)5-2;/h4-5,7-9,11H,1-2,6H2,3H3;1H4. The number of hydrogen-bond donors (Lipinski definition) is 1. The van der Waals surface area contributed by atoms with Crippen LogP contribution in [0.3, 0.4) is 0 Å². The van der Waals surface area contributed by atoms with Crippen LogP contribution < -0.4 is 0 Å². The van der Waals surface area contributed by atoms with Gasteiger partial charge in [-0.1, -0.05) is 19.6 Å². The number of likely N-dealkylation sites (tertiary alicyclic amines) is 1.